The third-order valence-corrected chi connectivity index (χ3v) is 3.08. The Morgan fingerprint density at radius 1 is 1.32 bits per heavy atom. The first-order chi connectivity index (χ1) is 8.69. The molecular weight excluding hydrogens is 240 g/mol. The molecule has 104 valence electrons. The maximum atomic E-state index is 7.47. The lowest BCUT2D eigenvalue weighted by molar-refractivity contribution is -0.133. The van der Waals surface area contributed by atoms with E-state index in [2.05, 4.69) is 37.6 Å². The maximum Gasteiger partial charge on any atom is 0.141 e. The van der Waals surface area contributed by atoms with Crippen molar-refractivity contribution < 1.29 is 4.74 Å². The Hall–Kier alpha value is -1.62. The summed E-state index contributed by atoms with van der Waals surface area (Å²) < 4.78 is 6.07. The summed E-state index contributed by atoms with van der Waals surface area (Å²) in [4.78, 5) is 6.36. The van der Waals surface area contributed by atoms with Crippen molar-refractivity contribution in [2.24, 2.45) is 5.73 Å². The average Bonchev–Trinajstić information content (AvgIpc) is 2.25. The zero-order valence-electron chi connectivity index (χ0n) is 12.0. The van der Waals surface area contributed by atoms with Gasteiger partial charge in [0.25, 0.3) is 0 Å². The van der Waals surface area contributed by atoms with Gasteiger partial charge in [0.1, 0.15) is 11.5 Å². The highest BCUT2D eigenvalue weighted by molar-refractivity contribution is 5.93. The summed E-state index contributed by atoms with van der Waals surface area (Å²) in [5.41, 5.74) is 6.63. The molecule has 0 bridgehead atoms. The van der Waals surface area contributed by atoms with Crippen LogP contribution in [0.3, 0.4) is 0 Å². The predicted octanol–water partition coefficient (Wildman–Crippen LogP) is 1.76. The fourth-order valence-corrected chi connectivity index (χ4v) is 2.73. The molecule has 0 saturated carbocycles. The number of nitrogens with one attached hydrogen (secondary N) is 1. The van der Waals surface area contributed by atoms with Crippen molar-refractivity contribution in [1.82, 2.24) is 4.98 Å². The van der Waals surface area contributed by atoms with E-state index in [-0.39, 0.29) is 17.0 Å². The number of nitrogen functional groups attached to an aromatic ring is 1. The topological polar surface area (TPSA) is 75.2 Å². The third-order valence-electron chi connectivity index (χ3n) is 3.08. The number of nitrogens with zero attached hydrogens (tertiary/aromatic N) is 2. The minimum absolute atomic E-state index is 0.00590. The molecule has 0 spiro atoms. The highest BCUT2D eigenvalue weighted by Gasteiger charge is 2.38. The van der Waals surface area contributed by atoms with E-state index in [1.807, 2.05) is 12.1 Å². The lowest BCUT2D eigenvalue weighted by atomic mass is 9.98. The number of anilines is 1. The first-order valence-corrected chi connectivity index (χ1v) is 6.44. The molecule has 1 aromatic heterocycles. The van der Waals surface area contributed by atoms with Gasteiger partial charge in [-0.3, -0.25) is 10.4 Å². The van der Waals surface area contributed by atoms with Crippen molar-refractivity contribution in [3.63, 3.8) is 0 Å². The quantitative estimate of drug-likeness (QED) is 0.629. The van der Waals surface area contributed by atoms with Gasteiger partial charge in [0.05, 0.1) is 11.2 Å². The van der Waals surface area contributed by atoms with Crippen LogP contribution in [0.5, 0.6) is 0 Å². The van der Waals surface area contributed by atoms with Crippen LogP contribution < -0.4 is 10.6 Å². The van der Waals surface area contributed by atoms with Gasteiger partial charge in [-0.2, -0.15) is 0 Å². The van der Waals surface area contributed by atoms with Crippen LogP contribution in [-0.2, 0) is 4.74 Å². The van der Waals surface area contributed by atoms with Crippen LogP contribution in [0.25, 0.3) is 0 Å². The molecule has 1 aromatic rings. The Labute approximate surface area is 114 Å². The number of amidine groups is 1. The molecule has 2 rings (SSSR count). The summed E-state index contributed by atoms with van der Waals surface area (Å²) in [6.07, 6.45) is 1.70. The van der Waals surface area contributed by atoms with E-state index in [0.717, 1.165) is 18.8 Å². The first kappa shape index (κ1) is 13.8. The number of rotatable bonds is 2. The van der Waals surface area contributed by atoms with Crippen LogP contribution in [-0.4, -0.2) is 35.1 Å². The van der Waals surface area contributed by atoms with Gasteiger partial charge >= 0.3 is 0 Å². The van der Waals surface area contributed by atoms with Gasteiger partial charge in [0, 0.05) is 25.0 Å². The maximum absolute atomic E-state index is 7.47. The third kappa shape index (κ3) is 3.23. The zero-order valence-corrected chi connectivity index (χ0v) is 12.0. The number of morpholine rings is 1. The van der Waals surface area contributed by atoms with E-state index in [1.54, 1.807) is 6.20 Å². The molecule has 1 saturated heterocycles. The van der Waals surface area contributed by atoms with E-state index in [4.69, 9.17) is 15.9 Å². The van der Waals surface area contributed by atoms with Crippen molar-refractivity contribution in [1.29, 1.82) is 5.41 Å². The smallest absolute Gasteiger partial charge is 0.141 e. The van der Waals surface area contributed by atoms with Crippen molar-refractivity contribution in [3.05, 3.63) is 24.0 Å². The zero-order chi connectivity index (χ0) is 14.3. The minimum atomic E-state index is -0.207. The lowest BCUT2D eigenvalue weighted by Gasteiger charge is -2.48. The van der Waals surface area contributed by atoms with Crippen LogP contribution >= 0.6 is 0 Å². The van der Waals surface area contributed by atoms with E-state index < -0.39 is 0 Å². The van der Waals surface area contributed by atoms with Crippen LogP contribution in [0, 0.1) is 5.41 Å². The van der Waals surface area contributed by atoms with Crippen molar-refractivity contribution in [2.75, 3.05) is 18.0 Å². The van der Waals surface area contributed by atoms with E-state index >= 15 is 0 Å². The summed E-state index contributed by atoms with van der Waals surface area (Å²) in [7, 11) is 0. The second-order valence-corrected chi connectivity index (χ2v) is 6.29. The van der Waals surface area contributed by atoms with Crippen LogP contribution in [0.1, 0.15) is 33.4 Å². The molecule has 1 aliphatic rings. The molecule has 0 unspecified atom stereocenters. The van der Waals surface area contributed by atoms with Gasteiger partial charge in [-0.25, -0.2) is 0 Å². The molecule has 2 heterocycles. The fraction of sp³-hybridized carbons (Fsp3) is 0.571. The van der Waals surface area contributed by atoms with Crippen molar-refractivity contribution in [2.45, 2.75) is 38.9 Å². The molecule has 19 heavy (non-hydrogen) atoms. The van der Waals surface area contributed by atoms with E-state index in [9.17, 15) is 0 Å². The molecule has 0 aromatic carbocycles. The Kier molecular flexibility index (Phi) is 3.26. The Bertz CT molecular complexity index is 480. The molecule has 0 atom stereocenters. The lowest BCUT2D eigenvalue weighted by Crippen LogP contribution is -2.57. The van der Waals surface area contributed by atoms with Crippen LogP contribution in [0.2, 0.25) is 0 Å². The number of aromatic nitrogens is 1. The summed E-state index contributed by atoms with van der Waals surface area (Å²) in [6.45, 7) is 9.97. The van der Waals surface area contributed by atoms with Crippen molar-refractivity contribution >= 4 is 11.5 Å². The van der Waals surface area contributed by atoms with Gasteiger partial charge in [0.15, 0.2) is 0 Å². The molecule has 0 amide bonds. The second kappa shape index (κ2) is 4.49. The number of ether oxygens (including phenoxy) is 1. The van der Waals surface area contributed by atoms with Crippen molar-refractivity contribution in [3.8, 4) is 0 Å². The molecule has 5 heteroatoms. The monoisotopic (exact) mass is 262 g/mol. The van der Waals surface area contributed by atoms with Gasteiger partial charge in [-0.15, -0.1) is 0 Å². The van der Waals surface area contributed by atoms with Crippen LogP contribution in [0.15, 0.2) is 18.3 Å². The second-order valence-electron chi connectivity index (χ2n) is 6.29. The molecule has 0 radical (unpaired) electrons. The largest absolute Gasteiger partial charge is 0.382 e. The van der Waals surface area contributed by atoms with Gasteiger partial charge in [-0.05, 0) is 39.8 Å². The molecule has 1 aliphatic heterocycles. The molecule has 3 N–H and O–H groups in total. The van der Waals surface area contributed by atoms with Gasteiger partial charge in [-0.1, -0.05) is 0 Å². The Balaban J connectivity index is 2.30. The number of hydrogen-bond donors (Lipinski definition) is 2. The normalized spacial score (nSPS) is 21.2. The standard InChI is InChI=1S/C14H22N4O/c1-13(2)8-18(9-14(3,4)19-13)10-5-6-17-11(7-10)12(15)16/h5-7H,8-9H2,1-4H3,(H3,15,16). The Morgan fingerprint density at radius 3 is 2.42 bits per heavy atom. The van der Waals surface area contributed by atoms with Crippen LogP contribution in [0.4, 0.5) is 5.69 Å². The minimum Gasteiger partial charge on any atom is -0.382 e. The number of nitrogens with two attached hydrogens (primary N) is 1. The van der Waals surface area contributed by atoms with Gasteiger partial charge < -0.3 is 15.4 Å². The van der Waals surface area contributed by atoms with E-state index in [0.29, 0.717) is 5.69 Å². The van der Waals surface area contributed by atoms with E-state index in [1.165, 1.54) is 0 Å². The highest BCUT2D eigenvalue weighted by Crippen LogP contribution is 2.31. The number of pyridine rings is 1. The molecule has 1 fully saturated rings. The molecule has 0 aliphatic carbocycles. The predicted molar refractivity (Wildman–Crippen MR) is 76.7 cm³/mol. The summed E-state index contributed by atoms with van der Waals surface area (Å²) >= 11 is 0. The summed E-state index contributed by atoms with van der Waals surface area (Å²) in [5, 5.41) is 7.47. The fourth-order valence-electron chi connectivity index (χ4n) is 2.73. The number of hydrogen-bond acceptors (Lipinski definition) is 4. The molecular formula is C14H22N4O. The molecule has 5 nitrogen and oxygen atoms in total. The van der Waals surface area contributed by atoms with Gasteiger partial charge in [0.2, 0.25) is 0 Å². The summed E-state index contributed by atoms with van der Waals surface area (Å²) in [5.74, 6) is -0.00590. The first-order valence-electron chi connectivity index (χ1n) is 6.44. The summed E-state index contributed by atoms with van der Waals surface area (Å²) in [6, 6.07) is 3.81. The SMILES string of the molecule is CC1(C)CN(c2ccnc(C(=N)N)c2)CC(C)(C)O1. The highest BCUT2D eigenvalue weighted by atomic mass is 16.5. The Morgan fingerprint density at radius 2 is 1.89 bits per heavy atom. The average molecular weight is 262 g/mol.